The zero-order valence-electron chi connectivity index (χ0n) is 16.0. The van der Waals surface area contributed by atoms with Crippen molar-refractivity contribution in [3.8, 4) is 5.75 Å². The van der Waals surface area contributed by atoms with E-state index in [1.54, 1.807) is 18.2 Å². The molecule has 26 heavy (non-hydrogen) atoms. The van der Waals surface area contributed by atoms with Crippen LogP contribution in [0.4, 0.5) is 0 Å². The second-order valence-corrected chi connectivity index (χ2v) is 9.47. The summed E-state index contributed by atoms with van der Waals surface area (Å²) < 4.78 is 34.1. The van der Waals surface area contributed by atoms with Gasteiger partial charge in [-0.05, 0) is 37.3 Å². The van der Waals surface area contributed by atoms with Crippen LogP contribution >= 0.6 is 11.6 Å². The molecule has 1 aliphatic carbocycles. The van der Waals surface area contributed by atoms with Gasteiger partial charge in [0.05, 0.1) is 16.5 Å². The third kappa shape index (κ3) is 6.43. The second-order valence-electron chi connectivity index (χ2n) is 7.34. The minimum atomic E-state index is -3.56. The molecule has 0 heterocycles. The topological polar surface area (TPSA) is 55.4 Å². The summed E-state index contributed by atoms with van der Waals surface area (Å²) in [5.41, 5.74) is 0. The molecule has 6 heteroatoms. The SMILES string of the molecule is CCCCCCCOc1cc(S(=O)(=O)N[C@@H]2CCCC[C@H]2C)ccc1Cl. The van der Waals surface area contributed by atoms with Gasteiger partial charge < -0.3 is 4.74 Å². The number of hydrogen-bond acceptors (Lipinski definition) is 3. The van der Waals surface area contributed by atoms with E-state index in [0.717, 1.165) is 32.1 Å². The first-order valence-corrected chi connectivity index (χ1v) is 11.7. The van der Waals surface area contributed by atoms with Gasteiger partial charge in [0.25, 0.3) is 0 Å². The molecule has 0 bridgehead atoms. The zero-order valence-corrected chi connectivity index (χ0v) is 17.5. The maximum Gasteiger partial charge on any atom is 0.240 e. The van der Waals surface area contributed by atoms with Crippen LogP contribution in [0.3, 0.4) is 0 Å². The minimum Gasteiger partial charge on any atom is -0.492 e. The van der Waals surface area contributed by atoms with Crippen LogP contribution in [0.1, 0.15) is 71.6 Å². The Balaban J connectivity index is 1.98. The Hall–Kier alpha value is -0.780. The first-order valence-electron chi connectivity index (χ1n) is 9.88. The summed E-state index contributed by atoms with van der Waals surface area (Å²) in [5, 5.41) is 0.448. The molecule has 1 fully saturated rings. The molecule has 0 radical (unpaired) electrons. The first-order chi connectivity index (χ1) is 12.4. The zero-order chi connectivity index (χ0) is 19.0. The lowest BCUT2D eigenvalue weighted by Gasteiger charge is -2.29. The lowest BCUT2D eigenvalue weighted by Crippen LogP contribution is -2.40. The average molecular weight is 402 g/mol. The molecule has 1 aromatic carbocycles. The standard InChI is InChI=1S/C20H32ClNO3S/c1-3-4-5-6-9-14-25-20-15-17(12-13-18(20)21)26(23,24)22-19-11-8-7-10-16(19)2/h12-13,15-16,19,22H,3-11,14H2,1-2H3/t16-,19-/m1/s1. The van der Waals surface area contributed by atoms with Crippen LogP contribution < -0.4 is 9.46 Å². The van der Waals surface area contributed by atoms with Crippen LogP contribution in [-0.4, -0.2) is 21.1 Å². The number of hydrogen-bond donors (Lipinski definition) is 1. The van der Waals surface area contributed by atoms with Crippen molar-refractivity contribution in [1.29, 1.82) is 0 Å². The highest BCUT2D eigenvalue weighted by atomic mass is 35.5. The Labute approximate surface area is 163 Å². The van der Waals surface area contributed by atoms with Crippen molar-refractivity contribution in [1.82, 2.24) is 4.72 Å². The predicted octanol–water partition coefficient (Wildman–Crippen LogP) is 5.55. The van der Waals surface area contributed by atoms with E-state index < -0.39 is 10.0 Å². The van der Waals surface area contributed by atoms with Crippen molar-refractivity contribution in [3.05, 3.63) is 23.2 Å². The van der Waals surface area contributed by atoms with Gasteiger partial charge >= 0.3 is 0 Å². The molecular weight excluding hydrogens is 370 g/mol. The summed E-state index contributed by atoms with van der Waals surface area (Å²) >= 11 is 6.18. The molecule has 0 aliphatic heterocycles. The largest absolute Gasteiger partial charge is 0.492 e. The van der Waals surface area contributed by atoms with Crippen LogP contribution in [0, 0.1) is 5.92 Å². The molecule has 0 saturated heterocycles. The van der Waals surface area contributed by atoms with Crippen molar-refractivity contribution in [2.75, 3.05) is 6.61 Å². The van der Waals surface area contributed by atoms with Gasteiger partial charge in [0.15, 0.2) is 0 Å². The highest BCUT2D eigenvalue weighted by molar-refractivity contribution is 7.89. The Morgan fingerprint density at radius 2 is 1.88 bits per heavy atom. The fourth-order valence-electron chi connectivity index (χ4n) is 3.41. The third-order valence-electron chi connectivity index (χ3n) is 5.14. The van der Waals surface area contributed by atoms with Crippen LogP contribution in [-0.2, 0) is 10.0 Å². The van der Waals surface area contributed by atoms with E-state index in [0.29, 0.717) is 23.3 Å². The monoisotopic (exact) mass is 401 g/mol. The van der Waals surface area contributed by atoms with E-state index in [1.807, 2.05) is 0 Å². The maximum atomic E-state index is 12.7. The van der Waals surface area contributed by atoms with Gasteiger partial charge in [-0.15, -0.1) is 0 Å². The lowest BCUT2D eigenvalue weighted by molar-refractivity contribution is 0.303. The van der Waals surface area contributed by atoms with Crippen molar-refractivity contribution in [2.24, 2.45) is 5.92 Å². The molecular formula is C20H32ClNO3S. The molecule has 0 spiro atoms. The highest BCUT2D eigenvalue weighted by Crippen LogP contribution is 2.29. The molecule has 2 atom stereocenters. The van der Waals surface area contributed by atoms with Gasteiger partial charge in [0, 0.05) is 12.1 Å². The van der Waals surface area contributed by atoms with Gasteiger partial charge in [-0.25, -0.2) is 13.1 Å². The van der Waals surface area contributed by atoms with E-state index in [-0.39, 0.29) is 10.9 Å². The summed E-state index contributed by atoms with van der Waals surface area (Å²) in [5.74, 6) is 0.811. The number of ether oxygens (including phenoxy) is 1. The summed E-state index contributed by atoms with van der Waals surface area (Å²) in [6.45, 7) is 4.85. The van der Waals surface area contributed by atoms with E-state index in [9.17, 15) is 8.42 Å². The van der Waals surface area contributed by atoms with Crippen LogP contribution in [0.5, 0.6) is 5.75 Å². The Bertz CT molecular complexity index is 663. The number of rotatable bonds is 10. The van der Waals surface area contributed by atoms with E-state index in [1.165, 1.54) is 25.7 Å². The van der Waals surface area contributed by atoms with Crippen LogP contribution in [0.2, 0.25) is 5.02 Å². The van der Waals surface area contributed by atoms with Crippen molar-refractivity contribution in [2.45, 2.75) is 82.6 Å². The Morgan fingerprint density at radius 1 is 1.15 bits per heavy atom. The van der Waals surface area contributed by atoms with E-state index in [2.05, 4.69) is 18.6 Å². The summed E-state index contributed by atoms with van der Waals surface area (Å²) in [6, 6.07) is 4.70. The minimum absolute atomic E-state index is 0.00682. The average Bonchev–Trinajstić information content (AvgIpc) is 2.61. The first kappa shape index (κ1) is 21.5. The van der Waals surface area contributed by atoms with E-state index >= 15 is 0 Å². The fraction of sp³-hybridized carbons (Fsp3) is 0.700. The number of sulfonamides is 1. The van der Waals surface area contributed by atoms with Gasteiger partial charge in [0.1, 0.15) is 5.75 Å². The Morgan fingerprint density at radius 3 is 2.62 bits per heavy atom. The molecule has 148 valence electrons. The number of unbranched alkanes of at least 4 members (excludes halogenated alkanes) is 4. The number of nitrogens with one attached hydrogen (secondary N) is 1. The van der Waals surface area contributed by atoms with Gasteiger partial charge in [-0.1, -0.05) is 64.0 Å². The van der Waals surface area contributed by atoms with Gasteiger partial charge in [-0.2, -0.15) is 0 Å². The Kier molecular flexibility index (Phi) is 8.71. The van der Waals surface area contributed by atoms with Crippen molar-refractivity contribution in [3.63, 3.8) is 0 Å². The lowest BCUT2D eigenvalue weighted by atomic mass is 9.87. The molecule has 0 aromatic heterocycles. The van der Waals surface area contributed by atoms with Crippen LogP contribution in [0.15, 0.2) is 23.1 Å². The predicted molar refractivity (Wildman–Crippen MR) is 107 cm³/mol. The quantitative estimate of drug-likeness (QED) is 0.523. The molecule has 0 unspecified atom stereocenters. The van der Waals surface area contributed by atoms with Crippen molar-refractivity contribution >= 4 is 21.6 Å². The van der Waals surface area contributed by atoms with E-state index in [4.69, 9.17) is 16.3 Å². The number of benzene rings is 1. The fourth-order valence-corrected chi connectivity index (χ4v) is 4.97. The summed E-state index contributed by atoms with van der Waals surface area (Å²) in [7, 11) is -3.56. The van der Waals surface area contributed by atoms with Crippen LogP contribution in [0.25, 0.3) is 0 Å². The molecule has 0 amide bonds. The van der Waals surface area contributed by atoms with Crippen molar-refractivity contribution < 1.29 is 13.2 Å². The third-order valence-corrected chi connectivity index (χ3v) is 6.94. The normalized spacial score (nSPS) is 20.9. The molecule has 2 rings (SSSR count). The molecule has 1 saturated carbocycles. The molecule has 1 N–H and O–H groups in total. The smallest absolute Gasteiger partial charge is 0.240 e. The molecule has 1 aromatic rings. The highest BCUT2D eigenvalue weighted by Gasteiger charge is 2.27. The van der Waals surface area contributed by atoms with Gasteiger partial charge in [-0.3, -0.25) is 0 Å². The summed E-state index contributed by atoms with van der Waals surface area (Å²) in [4.78, 5) is 0.223. The van der Waals surface area contributed by atoms with Gasteiger partial charge in [0.2, 0.25) is 10.0 Å². The molecule has 4 nitrogen and oxygen atoms in total. The summed E-state index contributed by atoms with van der Waals surface area (Å²) in [6.07, 6.45) is 9.93. The second kappa shape index (κ2) is 10.5. The molecule has 1 aliphatic rings. The number of halogens is 1. The maximum absolute atomic E-state index is 12.7.